The second kappa shape index (κ2) is 6.32. The molecule has 1 aliphatic rings. The molecule has 8 nitrogen and oxygen atoms in total. The maximum atomic E-state index is 12.1. The fraction of sp³-hybridized carbons (Fsp3) is 0.417. The van der Waals surface area contributed by atoms with Crippen LogP contribution in [0.4, 0.5) is 0 Å². The van der Waals surface area contributed by atoms with E-state index in [1.807, 2.05) is 0 Å². The van der Waals surface area contributed by atoms with E-state index in [1.54, 1.807) is 0 Å². The summed E-state index contributed by atoms with van der Waals surface area (Å²) in [5.41, 5.74) is 0. The number of rotatable bonds is 8. The SMILES string of the molecule is O=C(O)CCNS(=O)(=O)c1cccc(S(=O)(=O)NC2CC2)c1. The van der Waals surface area contributed by atoms with Crippen LogP contribution in [-0.2, 0) is 24.8 Å². The van der Waals surface area contributed by atoms with E-state index in [0.717, 1.165) is 18.9 Å². The first-order valence-corrected chi connectivity index (χ1v) is 9.51. The van der Waals surface area contributed by atoms with Gasteiger partial charge in [-0.25, -0.2) is 26.3 Å². The number of carbonyl (C=O) groups is 1. The van der Waals surface area contributed by atoms with Gasteiger partial charge in [0, 0.05) is 12.6 Å². The molecule has 0 unspecified atom stereocenters. The van der Waals surface area contributed by atoms with Crippen molar-refractivity contribution in [1.29, 1.82) is 0 Å². The van der Waals surface area contributed by atoms with Crippen molar-refractivity contribution in [2.45, 2.75) is 35.1 Å². The lowest BCUT2D eigenvalue weighted by molar-refractivity contribution is -0.136. The molecule has 0 amide bonds. The molecule has 1 aromatic carbocycles. The molecule has 1 fully saturated rings. The maximum Gasteiger partial charge on any atom is 0.304 e. The number of nitrogens with one attached hydrogen (secondary N) is 2. The minimum atomic E-state index is -3.96. The molecule has 3 N–H and O–H groups in total. The van der Waals surface area contributed by atoms with Crippen LogP contribution >= 0.6 is 0 Å². The van der Waals surface area contributed by atoms with Crippen LogP contribution in [0.15, 0.2) is 34.1 Å². The third-order valence-corrected chi connectivity index (χ3v) is 5.93. The van der Waals surface area contributed by atoms with E-state index in [4.69, 9.17) is 5.11 Å². The van der Waals surface area contributed by atoms with Crippen LogP contribution in [0.2, 0.25) is 0 Å². The molecule has 0 aliphatic heterocycles. The lowest BCUT2D eigenvalue weighted by Gasteiger charge is -2.09. The van der Waals surface area contributed by atoms with E-state index >= 15 is 0 Å². The van der Waals surface area contributed by atoms with Crippen LogP contribution in [0.25, 0.3) is 0 Å². The molecule has 0 heterocycles. The van der Waals surface area contributed by atoms with Crippen LogP contribution < -0.4 is 9.44 Å². The van der Waals surface area contributed by atoms with Gasteiger partial charge in [0.15, 0.2) is 0 Å². The van der Waals surface area contributed by atoms with E-state index in [0.29, 0.717) is 0 Å². The Bertz CT molecular complexity index is 769. The van der Waals surface area contributed by atoms with Crippen molar-refractivity contribution in [3.63, 3.8) is 0 Å². The maximum absolute atomic E-state index is 12.1. The Morgan fingerprint density at radius 1 is 1.14 bits per heavy atom. The summed E-state index contributed by atoms with van der Waals surface area (Å²) in [7, 11) is -7.71. The molecule has 0 saturated heterocycles. The predicted molar refractivity (Wildman–Crippen MR) is 77.2 cm³/mol. The molecule has 0 radical (unpaired) electrons. The fourth-order valence-corrected chi connectivity index (χ4v) is 4.18. The number of benzene rings is 1. The van der Waals surface area contributed by atoms with Gasteiger partial charge in [0.05, 0.1) is 16.2 Å². The minimum absolute atomic E-state index is 0.0843. The van der Waals surface area contributed by atoms with Crippen LogP contribution in [0, 0.1) is 0 Å². The van der Waals surface area contributed by atoms with Gasteiger partial charge in [0.25, 0.3) is 0 Å². The van der Waals surface area contributed by atoms with Crippen molar-refractivity contribution in [3.8, 4) is 0 Å². The summed E-state index contributed by atoms with van der Waals surface area (Å²) < 4.78 is 52.7. The lowest BCUT2D eigenvalue weighted by Crippen LogP contribution is -2.28. The van der Waals surface area contributed by atoms with Gasteiger partial charge >= 0.3 is 5.97 Å². The first kappa shape index (κ1) is 16.9. The van der Waals surface area contributed by atoms with E-state index in [2.05, 4.69) is 9.44 Å². The first-order chi connectivity index (χ1) is 10.2. The molecule has 1 aromatic rings. The Kier molecular flexibility index (Phi) is 4.85. The smallest absolute Gasteiger partial charge is 0.304 e. The number of sulfonamides is 2. The Morgan fingerprint density at radius 3 is 2.27 bits per heavy atom. The number of aliphatic carboxylic acids is 1. The van der Waals surface area contributed by atoms with E-state index in [9.17, 15) is 21.6 Å². The molecular formula is C12H16N2O6S2. The number of hydrogen-bond donors (Lipinski definition) is 3. The summed E-state index contributed by atoms with van der Waals surface area (Å²) in [6, 6.07) is 4.85. The largest absolute Gasteiger partial charge is 0.481 e. The Hall–Kier alpha value is -1.49. The number of carboxylic acids is 1. The highest BCUT2D eigenvalue weighted by atomic mass is 32.2. The third-order valence-electron chi connectivity index (χ3n) is 2.96. The number of hydrogen-bond acceptors (Lipinski definition) is 5. The summed E-state index contributed by atoms with van der Waals surface area (Å²) in [4.78, 5) is 10.0. The van der Waals surface area contributed by atoms with Gasteiger partial charge in [-0.1, -0.05) is 6.07 Å². The first-order valence-electron chi connectivity index (χ1n) is 6.54. The van der Waals surface area contributed by atoms with Gasteiger partial charge in [-0.15, -0.1) is 0 Å². The van der Waals surface area contributed by atoms with Gasteiger partial charge in [-0.05, 0) is 31.0 Å². The molecule has 0 aromatic heterocycles. The minimum Gasteiger partial charge on any atom is -0.481 e. The van der Waals surface area contributed by atoms with Gasteiger partial charge < -0.3 is 5.11 Å². The van der Waals surface area contributed by atoms with Crippen LogP contribution in [0.5, 0.6) is 0 Å². The fourth-order valence-electron chi connectivity index (χ4n) is 1.67. The molecule has 1 aliphatic carbocycles. The van der Waals surface area contributed by atoms with Crippen molar-refractivity contribution in [1.82, 2.24) is 9.44 Å². The highest BCUT2D eigenvalue weighted by molar-refractivity contribution is 7.90. The third kappa shape index (κ3) is 4.50. The van der Waals surface area contributed by atoms with Crippen molar-refractivity contribution >= 4 is 26.0 Å². The van der Waals surface area contributed by atoms with Crippen molar-refractivity contribution in [3.05, 3.63) is 24.3 Å². The predicted octanol–water partition coefficient (Wildman–Crippen LogP) is -0.120. The topological polar surface area (TPSA) is 130 Å². The quantitative estimate of drug-likeness (QED) is 0.600. The standard InChI is InChI=1S/C12H16N2O6S2/c15-12(16)6-7-13-21(17,18)10-2-1-3-11(8-10)22(19,20)14-9-4-5-9/h1-3,8-9,13-14H,4-7H2,(H,15,16). The lowest BCUT2D eigenvalue weighted by atomic mass is 10.4. The molecular weight excluding hydrogens is 332 g/mol. The second-order valence-corrected chi connectivity index (χ2v) is 8.39. The normalized spacial score (nSPS) is 15.6. The summed E-state index contributed by atoms with van der Waals surface area (Å²) >= 11 is 0. The van der Waals surface area contributed by atoms with Crippen molar-refractivity contribution in [2.75, 3.05) is 6.54 Å². The average molecular weight is 348 g/mol. The van der Waals surface area contributed by atoms with Gasteiger partial charge in [0.1, 0.15) is 0 Å². The number of carboxylic acid groups (broad SMARTS) is 1. The molecule has 1 saturated carbocycles. The Labute approximate surface area is 128 Å². The van der Waals surface area contributed by atoms with E-state index in [-0.39, 0.29) is 28.8 Å². The molecule has 0 atom stereocenters. The van der Waals surface area contributed by atoms with Gasteiger partial charge in [-0.3, -0.25) is 4.79 Å². The van der Waals surface area contributed by atoms with Crippen LogP contribution in [-0.4, -0.2) is 40.5 Å². The monoisotopic (exact) mass is 348 g/mol. The Morgan fingerprint density at radius 2 is 1.73 bits per heavy atom. The average Bonchev–Trinajstić information content (AvgIpc) is 3.21. The highest BCUT2D eigenvalue weighted by Gasteiger charge is 2.28. The van der Waals surface area contributed by atoms with E-state index in [1.165, 1.54) is 18.2 Å². The zero-order chi connectivity index (χ0) is 16.4. The zero-order valence-corrected chi connectivity index (χ0v) is 13.2. The Balaban J connectivity index is 2.18. The summed E-state index contributed by atoms with van der Waals surface area (Å²) in [6.07, 6.45) is 1.18. The molecule has 10 heteroatoms. The molecule has 0 spiro atoms. The summed E-state index contributed by atoms with van der Waals surface area (Å²) in [5, 5.41) is 8.50. The van der Waals surface area contributed by atoms with Crippen molar-refractivity contribution < 1.29 is 26.7 Å². The zero-order valence-electron chi connectivity index (χ0n) is 11.5. The highest BCUT2D eigenvalue weighted by Crippen LogP contribution is 2.23. The van der Waals surface area contributed by atoms with Crippen LogP contribution in [0.1, 0.15) is 19.3 Å². The van der Waals surface area contributed by atoms with Crippen molar-refractivity contribution in [2.24, 2.45) is 0 Å². The van der Waals surface area contributed by atoms with E-state index < -0.39 is 26.0 Å². The molecule has 22 heavy (non-hydrogen) atoms. The summed E-state index contributed by atoms with van der Waals surface area (Å²) in [5.74, 6) is -1.13. The molecule has 0 bridgehead atoms. The molecule has 122 valence electrons. The van der Waals surface area contributed by atoms with Gasteiger partial charge in [0.2, 0.25) is 20.0 Å². The summed E-state index contributed by atoms with van der Waals surface area (Å²) in [6.45, 7) is -0.269. The van der Waals surface area contributed by atoms with Crippen LogP contribution in [0.3, 0.4) is 0 Å². The molecule has 2 rings (SSSR count). The van der Waals surface area contributed by atoms with Gasteiger partial charge in [-0.2, -0.15) is 0 Å². The second-order valence-electron chi connectivity index (χ2n) is 4.91.